The molecule has 0 unspecified atom stereocenters. The third-order valence-corrected chi connectivity index (χ3v) is 3.63. The molecule has 0 aliphatic rings. The fourth-order valence-corrected chi connectivity index (χ4v) is 2.70. The monoisotopic (exact) mass is 287 g/mol. The number of hydrogen-bond donors (Lipinski definition) is 0. The molecule has 0 fully saturated rings. The van der Waals surface area contributed by atoms with Crippen LogP contribution in [0.5, 0.6) is 0 Å². The molecule has 0 spiro atoms. The number of nitrogens with zero attached hydrogens (tertiary/aromatic N) is 1. The summed E-state index contributed by atoms with van der Waals surface area (Å²) in [5.74, 6) is 0. The summed E-state index contributed by atoms with van der Waals surface area (Å²) in [5, 5.41) is 2.20. The Morgan fingerprint density at radius 1 is 0.895 bits per heavy atom. The average molecular weight is 288 g/mol. The molecular weight excluding hydrogens is 277 g/mol. The quantitative estimate of drug-likeness (QED) is 0.574. The Balaban J connectivity index is 2.31. The minimum Gasteiger partial charge on any atom is -0.246 e. The van der Waals surface area contributed by atoms with E-state index in [1.807, 2.05) is 55.5 Å². The van der Waals surface area contributed by atoms with Gasteiger partial charge in [0, 0.05) is 10.9 Å². The summed E-state index contributed by atoms with van der Waals surface area (Å²) in [7, 11) is 0. The number of hydrogen-bond acceptors (Lipinski definition) is 1. The minimum absolute atomic E-state index is 0.634. The summed E-state index contributed by atoms with van der Waals surface area (Å²) >= 11 is 12.6. The molecule has 1 heterocycles. The van der Waals surface area contributed by atoms with E-state index in [1.54, 1.807) is 0 Å². The van der Waals surface area contributed by atoms with E-state index in [9.17, 15) is 0 Å². The van der Waals surface area contributed by atoms with Crippen molar-refractivity contribution < 1.29 is 0 Å². The molecule has 0 radical (unpaired) electrons. The Bertz CT molecular complexity index is 752. The van der Waals surface area contributed by atoms with Gasteiger partial charge in [0.1, 0.15) is 0 Å². The van der Waals surface area contributed by atoms with Crippen LogP contribution in [-0.2, 0) is 0 Å². The first kappa shape index (κ1) is 12.5. The number of pyridine rings is 1. The van der Waals surface area contributed by atoms with Crippen molar-refractivity contribution in [3.8, 4) is 11.3 Å². The molecule has 0 aliphatic carbocycles. The van der Waals surface area contributed by atoms with Gasteiger partial charge in [-0.15, -0.1) is 0 Å². The van der Waals surface area contributed by atoms with Crippen molar-refractivity contribution in [1.82, 2.24) is 4.98 Å². The topological polar surface area (TPSA) is 12.9 Å². The Morgan fingerprint density at radius 2 is 1.63 bits per heavy atom. The van der Waals surface area contributed by atoms with Crippen LogP contribution in [0.4, 0.5) is 0 Å². The lowest BCUT2D eigenvalue weighted by atomic mass is 10.1. The van der Waals surface area contributed by atoms with Gasteiger partial charge >= 0.3 is 0 Å². The molecule has 3 rings (SSSR count). The van der Waals surface area contributed by atoms with E-state index in [-0.39, 0.29) is 0 Å². The van der Waals surface area contributed by atoms with Crippen LogP contribution in [0.1, 0.15) is 5.56 Å². The number of fused-ring (bicyclic) bond motifs is 1. The Morgan fingerprint density at radius 3 is 2.37 bits per heavy atom. The predicted molar refractivity (Wildman–Crippen MR) is 81.9 cm³/mol. The molecule has 0 aliphatic heterocycles. The maximum atomic E-state index is 6.36. The summed E-state index contributed by atoms with van der Waals surface area (Å²) in [6.45, 7) is 1.99. The Hall–Kier alpha value is -1.57. The van der Waals surface area contributed by atoms with Gasteiger partial charge in [0.25, 0.3) is 0 Å². The van der Waals surface area contributed by atoms with Crippen LogP contribution in [0.25, 0.3) is 22.2 Å². The fraction of sp³-hybridized carbons (Fsp3) is 0.0625. The van der Waals surface area contributed by atoms with Crippen molar-refractivity contribution in [1.29, 1.82) is 0 Å². The number of benzene rings is 2. The Labute approximate surface area is 121 Å². The fourth-order valence-electron chi connectivity index (χ4n) is 2.14. The highest BCUT2D eigenvalue weighted by Crippen LogP contribution is 2.32. The highest BCUT2D eigenvalue weighted by atomic mass is 35.5. The zero-order chi connectivity index (χ0) is 13.4. The van der Waals surface area contributed by atoms with Gasteiger partial charge in [-0.05, 0) is 30.7 Å². The molecule has 0 saturated heterocycles. The number of halogens is 2. The van der Waals surface area contributed by atoms with Crippen LogP contribution in [0.15, 0.2) is 48.5 Å². The first-order valence-electron chi connectivity index (χ1n) is 5.97. The van der Waals surface area contributed by atoms with Crippen LogP contribution < -0.4 is 0 Å². The predicted octanol–water partition coefficient (Wildman–Crippen LogP) is 5.52. The standard InChI is InChI=1S/C16H11Cl2N/c1-10-7-12-13(17)9-15(11-5-3-2-4-6-11)19-16(12)14(18)8-10/h2-9H,1H3. The number of aromatic nitrogens is 1. The molecule has 1 nitrogen and oxygen atoms in total. The molecule has 2 aromatic carbocycles. The molecule has 0 bridgehead atoms. The van der Waals surface area contributed by atoms with Crippen LogP contribution >= 0.6 is 23.2 Å². The second-order valence-electron chi connectivity index (χ2n) is 4.50. The summed E-state index contributed by atoms with van der Waals surface area (Å²) in [6.07, 6.45) is 0. The highest BCUT2D eigenvalue weighted by molar-refractivity contribution is 6.39. The lowest BCUT2D eigenvalue weighted by molar-refractivity contribution is 1.38. The van der Waals surface area contributed by atoms with Gasteiger partial charge in [-0.3, -0.25) is 0 Å². The van der Waals surface area contributed by atoms with E-state index in [1.165, 1.54) is 0 Å². The molecule has 94 valence electrons. The number of aryl methyl sites for hydroxylation is 1. The second-order valence-corrected chi connectivity index (χ2v) is 5.31. The molecule has 0 N–H and O–H groups in total. The maximum Gasteiger partial charge on any atom is 0.0910 e. The molecule has 19 heavy (non-hydrogen) atoms. The van der Waals surface area contributed by atoms with Gasteiger partial charge in [-0.2, -0.15) is 0 Å². The molecule has 1 aromatic heterocycles. The lowest BCUT2D eigenvalue weighted by Crippen LogP contribution is -1.88. The van der Waals surface area contributed by atoms with Crippen molar-refractivity contribution in [2.24, 2.45) is 0 Å². The SMILES string of the molecule is Cc1cc(Cl)c2nc(-c3ccccc3)cc(Cl)c2c1. The van der Waals surface area contributed by atoms with Gasteiger partial charge in [0.05, 0.1) is 21.3 Å². The highest BCUT2D eigenvalue weighted by Gasteiger charge is 2.09. The third-order valence-electron chi connectivity index (χ3n) is 3.03. The summed E-state index contributed by atoms with van der Waals surface area (Å²) < 4.78 is 0. The largest absolute Gasteiger partial charge is 0.246 e. The van der Waals surface area contributed by atoms with Crippen molar-refractivity contribution in [3.63, 3.8) is 0 Å². The Kier molecular flexibility index (Phi) is 3.17. The van der Waals surface area contributed by atoms with Crippen molar-refractivity contribution in [2.45, 2.75) is 6.92 Å². The third kappa shape index (κ3) is 2.32. The summed E-state index contributed by atoms with van der Waals surface area (Å²) in [4.78, 5) is 4.63. The summed E-state index contributed by atoms with van der Waals surface area (Å²) in [6, 6.07) is 15.7. The van der Waals surface area contributed by atoms with Crippen molar-refractivity contribution >= 4 is 34.1 Å². The zero-order valence-corrected chi connectivity index (χ0v) is 11.8. The zero-order valence-electron chi connectivity index (χ0n) is 10.3. The van der Waals surface area contributed by atoms with Crippen LogP contribution in [0, 0.1) is 6.92 Å². The van der Waals surface area contributed by atoms with Gasteiger partial charge in [0.2, 0.25) is 0 Å². The smallest absolute Gasteiger partial charge is 0.0910 e. The van der Waals surface area contributed by atoms with Crippen LogP contribution in [0.2, 0.25) is 10.0 Å². The maximum absolute atomic E-state index is 6.36. The van der Waals surface area contributed by atoms with E-state index in [0.717, 1.165) is 27.7 Å². The van der Waals surface area contributed by atoms with Gasteiger partial charge in [0.15, 0.2) is 0 Å². The van der Waals surface area contributed by atoms with E-state index < -0.39 is 0 Å². The average Bonchev–Trinajstić information content (AvgIpc) is 2.41. The van der Waals surface area contributed by atoms with Gasteiger partial charge in [-0.1, -0.05) is 53.5 Å². The summed E-state index contributed by atoms with van der Waals surface area (Å²) in [5.41, 5.74) is 3.69. The van der Waals surface area contributed by atoms with Crippen molar-refractivity contribution in [2.75, 3.05) is 0 Å². The minimum atomic E-state index is 0.634. The van der Waals surface area contributed by atoms with E-state index in [0.29, 0.717) is 10.0 Å². The normalized spacial score (nSPS) is 10.9. The number of rotatable bonds is 1. The van der Waals surface area contributed by atoms with Gasteiger partial charge in [-0.25, -0.2) is 4.98 Å². The lowest BCUT2D eigenvalue weighted by Gasteiger charge is -2.08. The molecule has 0 atom stereocenters. The van der Waals surface area contributed by atoms with E-state index >= 15 is 0 Å². The van der Waals surface area contributed by atoms with Crippen LogP contribution in [0.3, 0.4) is 0 Å². The van der Waals surface area contributed by atoms with E-state index in [2.05, 4.69) is 4.98 Å². The first-order valence-corrected chi connectivity index (χ1v) is 6.72. The van der Waals surface area contributed by atoms with Crippen LogP contribution in [-0.4, -0.2) is 4.98 Å². The molecule has 0 amide bonds. The first-order chi connectivity index (χ1) is 9.15. The molecular formula is C16H11Cl2N. The van der Waals surface area contributed by atoms with Crippen molar-refractivity contribution in [3.05, 3.63) is 64.1 Å². The van der Waals surface area contributed by atoms with Gasteiger partial charge < -0.3 is 0 Å². The van der Waals surface area contributed by atoms with E-state index in [4.69, 9.17) is 23.2 Å². The molecule has 3 aromatic rings. The molecule has 0 saturated carbocycles. The molecule has 3 heteroatoms. The second kappa shape index (κ2) is 4.84.